The summed E-state index contributed by atoms with van der Waals surface area (Å²) in [6, 6.07) is 1.91. The Labute approximate surface area is 93.9 Å². The van der Waals surface area contributed by atoms with Gasteiger partial charge in [0.2, 0.25) is 0 Å². The van der Waals surface area contributed by atoms with Crippen LogP contribution in [0.1, 0.15) is 39.5 Å². The Bertz CT molecular complexity index is 175. The molecule has 0 aromatic rings. The number of nitrogens with one attached hydrogen (secondary N) is 1. The van der Waals surface area contributed by atoms with Crippen molar-refractivity contribution < 1.29 is 5.11 Å². The van der Waals surface area contributed by atoms with Crippen LogP contribution in [-0.2, 0) is 0 Å². The van der Waals surface area contributed by atoms with E-state index in [2.05, 4.69) is 24.1 Å². The summed E-state index contributed by atoms with van der Waals surface area (Å²) in [7, 11) is 1.99. The standard InChI is InChI=1S/C12H26N2O/c1-4-12-6-5-10(2)14(12)9-11(13-3)7-8-15/h10-13,15H,4-9H2,1-3H3. The van der Waals surface area contributed by atoms with Crippen LogP contribution >= 0.6 is 0 Å². The summed E-state index contributed by atoms with van der Waals surface area (Å²) in [5, 5.41) is 12.3. The normalized spacial score (nSPS) is 29.6. The van der Waals surface area contributed by atoms with E-state index in [1.807, 2.05) is 7.05 Å². The predicted octanol–water partition coefficient (Wildman–Crippen LogP) is 1.22. The van der Waals surface area contributed by atoms with E-state index in [0.717, 1.165) is 19.0 Å². The van der Waals surface area contributed by atoms with Crippen LogP contribution in [0.5, 0.6) is 0 Å². The summed E-state index contributed by atoms with van der Waals surface area (Å²) in [4.78, 5) is 2.61. The highest BCUT2D eigenvalue weighted by Crippen LogP contribution is 2.26. The highest BCUT2D eigenvalue weighted by atomic mass is 16.3. The molecule has 0 aromatic heterocycles. The molecule has 0 radical (unpaired) electrons. The Kier molecular flexibility index (Phi) is 5.58. The molecule has 0 bridgehead atoms. The minimum absolute atomic E-state index is 0.282. The van der Waals surface area contributed by atoms with Crippen molar-refractivity contribution in [2.24, 2.45) is 0 Å². The largest absolute Gasteiger partial charge is 0.396 e. The summed E-state index contributed by atoms with van der Waals surface area (Å²) >= 11 is 0. The molecule has 1 aliphatic heterocycles. The van der Waals surface area contributed by atoms with Gasteiger partial charge in [0.05, 0.1) is 0 Å². The van der Waals surface area contributed by atoms with E-state index >= 15 is 0 Å². The lowest BCUT2D eigenvalue weighted by atomic mass is 10.1. The van der Waals surface area contributed by atoms with Gasteiger partial charge in [-0.1, -0.05) is 6.92 Å². The molecule has 3 nitrogen and oxygen atoms in total. The second kappa shape index (κ2) is 6.46. The van der Waals surface area contributed by atoms with E-state index < -0.39 is 0 Å². The van der Waals surface area contributed by atoms with E-state index in [1.54, 1.807) is 0 Å². The zero-order chi connectivity index (χ0) is 11.3. The van der Waals surface area contributed by atoms with Crippen molar-refractivity contribution in [3.05, 3.63) is 0 Å². The van der Waals surface area contributed by atoms with Crippen LogP contribution in [0.2, 0.25) is 0 Å². The van der Waals surface area contributed by atoms with Gasteiger partial charge in [0.1, 0.15) is 0 Å². The molecular weight excluding hydrogens is 188 g/mol. The molecule has 2 N–H and O–H groups in total. The molecule has 0 amide bonds. The molecule has 1 fully saturated rings. The second-order valence-corrected chi connectivity index (χ2v) is 4.68. The first-order valence-electron chi connectivity index (χ1n) is 6.26. The van der Waals surface area contributed by atoms with Crippen molar-refractivity contribution in [3.63, 3.8) is 0 Å². The number of likely N-dealkylation sites (N-methyl/N-ethyl adjacent to an activating group) is 1. The fraction of sp³-hybridized carbons (Fsp3) is 1.00. The molecule has 0 aliphatic carbocycles. The van der Waals surface area contributed by atoms with E-state index in [0.29, 0.717) is 12.1 Å². The van der Waals surface area contributed by atoms with Gasteiger partial charge in [-0.3, -0.25) is 4.90 Å². The van der Waals surface area contributed by atoms with Crippen LogP contribution in [0.25, 0.3) is 0 Å². The highest BCUT2D eigenvalue weighted by molar-refractivity contribution is 4.86. The van der Waals surface area contributed by atoms with Crippen LogP contribution in [-0.4, -0.2) is 48.3 Å². The molecule has 1 saturated heterocycles. The van der Waals surface area contributed by atoms with E-state index in [4.69, 9.17) is 5.11 Å². The van der Waals surface area contributed by atoms with E-state index in [9.17, 15) is 0 Å². The van der Waals surface area contributed by atoms with Crippen molar-refractivity contribution in [1.82, 2.24) is 10.2 Å². The molecular formula is C12H26N2O. The molecule has 90 valence electrons. The lowest BCUT2D eigenvalue weighted by Gasteiger charge is -2.31. The number of hydrogen-bond acceptors (Lipinski definition) is 3. The SMILES string of the molecule is CCC1CCC(C)N1CC(CCO)NC. The minimum atomic E-state index is 0.282. The van der Waals surface area contributed by atoms with E-state index in [-0.39, 0.29) is 6.61 Å². The molecule has 15 heavy (non-hydrogen) atoms. The molecule has 1 aliphatic rings. The second-order valence-electron chi connectivity index (χ2n) is 4.68. The number of aliphatic hydroxyl groups is 1. The Morgan fingerprint density at radius 2 is 2.20 bits per heavy atom. The molecule has 3 heteroatoms. The smallest absolute Gasteiger partial charge is 0.0446 e. The maximum atomic E-state index is 8.97. The molecule has 0 saturated carbocycles. The summed E-state index contributed by atoms with van der Waals surface area (Å²) < 4.78 is 0. The maximum Gasteiger partial charge on any atom is 0.0446 e. The summed E-state index contributed by atoms with van der Waals surface area (Å²) in [5.41, 5.74) is 0. The third-order valence-electron chi connectivity index (χ3n) is 3.74. The van der Waals surface area contributed by atoms with Crippen LogP contribution in [0, 0.1) is 0 Å². The molecule has 0 spiro atoms. The minimum Gasteiger partial charge on any atom is -0.396 e. The first-order chi connectivity index (χ1) is 7.22. The summed E-state index contributed by atoms with van der Waals surface area (Å²) in [6.45, 7) is 5.96. The van der Waals surface area contributed by atoms with Gasteiger partial charge in [0, 0.05) is 31.3 Å². The van der Waals surface area contributed by atoms with Gasteiger partial charge < -0.3 is 10.4 Å². The molecule has 1 rings (SSSR count). The lowest BCUT2D eigenvalue weighted by Crippen LogP contribution is -2.44. The Hall–Kier alpha value is -0.120. The monoisotopic (exact) mass is 214 g/mol. The van der Waals surface area contributed by atoms with Gasteiger partial charge in [0.25, 0.3) is 0 Å². The van der Waals surface area contributed by atoms with E-state index in [1.165, 1.54) is 19.3 Å². The fourth-order valence-corrected chi connectivity index (χ4v) is 2.63. The molecule has 3 atom stereocenters. The zero-order valence-corrected chi connectivity index (χ0v) is 10.4. The Morgan fingerprint density at radius 3 is 2.73 bits per heavy atom. The Balaban J connectivity index is 2.45. The molecule has 0 aromatic carbocycles. The van der Waals surface area contributed by atoms with Crippen LogP contribution in [0.4, 0.5) is 0 Å². The summed E-state index contributed by atoms with van der Waals surface area (Å²) in [5.74, 6) is 0. The number of hydrogen-bond donors (Lipinski definition) is 2. The first-order valence-corrected chi connectivity index (χ1v) is 6.26. The topological polar surface area (TPSA) is 35.5 Å². The van der Waals surface area contributed by atoms with Crippen molar-refractivity contribution >= 4 is 0 Å². The highest BCUT2D eigenvalue weighted by Gasteiger charge is 2.30. The average Bonchev–Trinajstić information content (AvgIpc) is 2.59. The van der Waals surface area contributed by atoms with Crippen molar-refractivity contribution in [3.8, 4) is 0 Å². The average molecular weight is 214 g/mol. The van der Waals surface area contributed by atoms with Gasteiger partial charge >= 0.3 is 0 Å². The summed E-state index contributed by atoms with van der Waals surface area (Å²) in [6.07, 6.45) is 4.78. The molecule has 3 unspecified atom stereocenters. The number of rotatable bonds is 6. The van der Waals surface area contributed by atoms with Gasteiger partial charge in [-0.2, -0.15) is 0 Å². The zero-order valence-electron chi connectivity index (χ0n) is 10.4. The van der Waals surface area contributed by atoms with Crippen molar-refractivity contribution in [2.45, 2.75) is 57.7 Å². The Morgan fingerprint density at radius 1 is 1.47 bits per heavy atom. The predicted molar refractivity (Wildman–Crippen MR) is 64.0 cm³/mol. The first kappa shape index (κ1) is 12.9. The number of nitrogens with zero attached hydrogens (tertiary/aromatic N) is 1. The van der Waals surface area contributed by atoms with Gasteiger partial charge in [-0.05, 0) is 39.7 Å². The quantitative estimate of drug-likeness (QED) is 0.698. The third-order valence-corrected chi connectivity index (χ3v) is 3.74. The number of aliphatic hydroxyl groups excluding tert-OH is 1. The van der Waals surface area contributed by atoms with Crippen molar-refractivity contribution in [2.75, 3.05) is 20.2 Å². The molecule has 1 heterocycles. The third kappa shape index (κ3) is 3.44. The maximum absolute atomic E-state index is 8.97. The lowest BCUT2D eigenvalue weighted by molar-refractivity contribution is 0.164. The van der Waals surface area contributed by atoms with Gasteiger partial charge in [-0.25, -0.2) is 0 Å². The van der Waals surface area contributed by atoms with Crippen LogP contribution < -0.4 is 5.32 Å². The van der Waals surface area contributed by atoms with Crippen LogP contribution in [0.3, 0.4) is 0 Å². The van der Waals surface area contributed by atoms with Crippen LogP contribution in [0.15, 0.2) is 0 Å². The van der Waals surface area contributed by atoms with Crippen molar-refractivity contribution in [1.29, 1.82) is 0 Å². The number of likely N-dealkylation sites (tertiary alicyclic amines) is 1. The fourth-order valence-electron chi connectivity index (χ4n) is 2.63. The van der Waals surface area contributed by atoms with Gasteiger partial charge in [-0.15, -0.1) is 0 Å². The van der Waals surface area contributed by atoms with Gasteiger partial charge in [0.15, 0.2) is 0 Å².